The predicted molar refractivity (Wildman–Crippen MR) is 56.2 cm³/mol. The largest absolute Gasteiger partial charge is 0.398 e. The van der Waals surface area contributed by atoms with Gasteiger partial charge in [0, 0.05) is 0 Å². The Morgan fingerprint density at radius 1 is 1.35 bits per heavy atom. The van der Waals surface area contributed by atoms with Gasteiger partial charge in [-0.15, -0.1) is 0 Å². The molecule has 1 aromatic rings. The molecule has 7 heteroatoms. The highest BCUT2D eigenvalue weighted by atomic mass is 31.2. The minimum absolute atomic E-state index is 0.124. The number of rotatable bonds is 3. The van der Waals surface area contributed by atoms with E-state index >= 15 is 0 Å². The summed E-state index contributed by atoms with van der Waals surface area (Å²) < 4.78 is 61.4. The van der Waals surface area contributed by atoms with E-state index < -0.39 is 30.8 Å². The molecule has 1 N–H and O–H groups in total. The quantitative estimate of drug-likeness (QED) is 0.677. The molecule has 0 saturated carbocycles. The molecule has 17 heavy (non-hydrogen) atoms. The van der Waals surface area contributed by atoms with Crippen molar-refractivity contribution in [2.24, 2.45) is 0 Å². The Morgan fingerprint density at radius 2 is 1.94 bits per heavy atom. The molecule has 2 nitrogen and oxygen atoms in total. The lowest BCUT2D eigenvalue weighted by molar-refractivity contribution is -0.107. The monoisotopic (exact) mass is 270 g/mol. The second-order valence-corrected chi connectivity index (χ2v) is 5.78. The highest BCUT2D eigenvalue weighted by Crippen LogP contribution is 2.45. The summed E-state index contributed by atoms with van der Waals surface area (Å²) in [5, 5.41) is -0.755. The van der Waals surface area contributed by atoms with Gasteiger partial charge in [0.1, 0.15) is 12.0 Å². The van der Waals surface area contributed by atoms with Crippen LogP contribution in [0.5, 0.6) is 0 Å². The van der Waals surface area contributed by atoms with Gasteiger partial charge in [0.2, 0.25) is 7.37 Å². The Bertz CT molecular complexity index is 456. The fourth-order valence-corrected chi connectivity index (χ4v) is 2.86. The Morgan fingerprint density at radius 3 is 2.41 bits per heavy atom. The maximum Gasteiger partial charge on any atom is 0.398 e. The van der Waals surface area contributed by atoms with Gasteiger partial charge in [-0.1, -0.05) is 19.1 Å². The van der Waals surface area contributed by atoms with E-state index in [1.165, 1.54) is 12.1 Å². The standard InChI is InChI=1S/C10H11F4O2P/c1-2-7-4-3-5-8(9(7)11)17(15,16)6-10(12,13)14/h3-5H,2,6H2,1H3,(H,15,16). The Kier molecular flexibility index (Phi) is 3.99. The van der Waals surface area contributed by atoms with E-state index in [4.69, 9.17) is 0 Å². The number of hydrogen-bond acceptors (Lipinski definition) is 1. The minimum Gasteiger partial charge on any atom is -0.341 e. The molecule has 0 bridgehead atoms. The van der Waals surface area contributed by atoms with Gasteiger partial charge in [-0.25, -0.2) is 4.39 Å². The maximum atomic E-state index is 13.6. The first-order valence-corrected chi connectivity index (χ1v) is 6.68. The Hall–Kier alpha value is -0.870. The fourth-order valence-electron chi connectivity index (χ4n) is 1.44. The molecule has 0 amide bonds. The van der Waals surface area contributed by atoms with Crippen molar-refractivity contribution in [3.05, 3.63) is 29.6 Å². The molecule has 0 radical (unpaired) electrons. The van der Waals surface area contributed by atoms with Crippen LogP contribution in [-0.2, 0) is 11.0 Å². The lowest BCUT2D eigenvalue weighted by atomic mass is 10.2. The fraction of sp³-hybridized carbons (Fsp3) is 0.400. The van der Waals surface area contributed by atoms with Crippen molar-refractivity contribution < 1.29 is 27.0 Å². The van der Waals surface area contributed by atoms with Gasteiger partial charge in [-0.3, -0.25) is 4.57 Å². The zero-order valence-electron chi connectivity index (χ0n) is 8.96. The number of alkyl halides is 3. The number of halogens is 4. The van der Waals surface area contributed by atoms with E-state index in [0.29, 0.717) is 0 Å². The molecule has 1 rings (SSSR count). The van der Waals surface area contributed by atoms with Crippen molar-refractivity contribution in [1.29, 1.82) is 0 Å². The van der Waals surface area contributed by atoms with Crippen LogP contribution in [-0.4, -0.2) is 17.2 Å². The molecular formula is C10H11F4O2P. The Balaban J connectivity index is 3.20. The first-order valence-electron chi connectivity index (χ1n) is 4.84. The highest BCUT2D eigenvalue weighted by molar-refractivity contribution is 7.66. The predicted octanol–water partition coefficient (Wildman–Crippen LogP) is 2.85. The van der Waals surface area contributed by atoms with Gasteiger partial charge in [0.15, 0.2) is 0 Å². The SMILES string of the molecule is CCc1cccc(P(=O)(O)CC(F)(F)F)c1F. The van der Waals surface area contributed by atoms with Crippen molar-refractivity contribution in [2.75, 3.05) is 6.16 Å². The van der Waals surface area contributed by atoms with E-state index in [2.05, 4.69) is 0 Å². The van der Waals surface area contributed by atoms with Crippen LogP contribution in [0.25, 0.3) is 0 Å². The third kappa shape index (κ3) is 3.54. The molecule has 0 spiro atoms. The summed E-state index contributed by atoms with van der Waals surface area (Å²) in [6.45, 7) is 1.61. The average Bonchev–Trinajstić information content (AvgIpc) is 2.14. The van der Waals surface area contributed by atoms with Crippen molar-refractivity contribution in [3.63, 3.8) is 0 Å². The van der Waals surface area contributed by atoms with Crippen molar-refractivity contribution in [1.82, 2.24) is 0 Å². The van der Waals surface area contributed by atoms with E-state index in [0.717, 1.165) is 6.07 Å². The first kappa shape index (κ1) is 14.2. The summed E-state index contributed by atoms with van der Waals surface area (Å²) in [4.78, 5) is 9.32. The van der Waals surface area contributed by atoms with E-state index in [-0.39, 0.29) is 12.0 Å². The second-order valence-electron chi connectivity index (χ2n) is 3.58. The third-order valence-electron chi connectivity index (χ3n) is 2.21. The number of hydrogen-bond donors (Lipinski definition) is 1. The van der Waals surface area contributed by atoms with Gasteiger partial charge < -0.3 is 4.89 Å². The maximum absolute atomic E-state index is 13.6. The number of aryl methyl sites for hydroxylation is 1. The lowest BCUT2D eigenvalue weighted by Gasteiger charge is -2.15. The topological polar surface area (TPSA) is 37.3 Å². The molecule has 0 aliphatic rings. The number of benzene rings is 1. The van der Waals surface area contributed by atoms with Crippen LogP contribution in [0.4, 0.5) is 17.6 Å². The Labute approximate surface area is 95.7 Å². The van der Waals surface area contributed by atoms with Crippen LogP contribution in [0, 0.1) is 5.82 Å². The molecule has 1 aromatic carbocycles. The van der Waals surface area contributed by atoms with E-state index in [9.17, 15) is 27.0 Å². The van der Waals surface area contributed by atoms with Gasteiger partial charge in [-0.2, -0.15) is 13.2 Å². The highest BCUT2D eigenvalue weighted by Gasteiger charge is 2.40. The van der Waals surface area contributed by atoms with Crippen molar-refractivity contribution in [2.45, 2.75) is 19.5 Å². The average molecular weight is 270 g/mol. The molecular weight excluding hydrogens is 259 g/mol. The minimum atomic E-state index is -4.81. The van der Waals surface area contributed by atoms with Gasteiger partial charge >= 0.3 is 6.18 Å². The normalized spacial score (nSPS) is 15.6. The second kappa shape index (κ2) is 4.78. The van der Waals surface area contributed by atoms with Gasteiger partial charge in [-0.05, 0) is 18.1 Å². The van der Waals surface area contributed by atoms with Crippen molar-refractivity contribution >= 4 is 12.7 Å². The molecule has 1 unspecified atom stereocenters. The summed E-state index contributed by atoms with van der Waals surface area (Å²) in [7, 11) is -4.74. The smallest absolute Gasteiger partial charge is 0.341 e. The van der Waals surface area contributed by atoms with Crippen LogP contribution >= 0.6 is 7.37 Å². The molecule has 0 aliphatic carbocycles. The molecule has 0 fully saturated rings. The molecule has 0 aliphatic heterocycles. The summed E-state index contributed by atoms with van der Waals surface area (Å²) in [5.41, 5.74) is 0.124. The summed E-state index contributed by atoms with van der Waals surface area (Å²) >= 11 is 0. The van der Waals surface area contributed by atoms with Crippen LogP contribution < -0.4 is 5.30 Å². The van der Waals surface area contributed by atoms with Crippen LogP contribution in [0.2, 0.25) is 0 Å². The zero-order valence-corrected chi connectivity index (χ0v) is 9.86. The van der Waals surface area contributed by atoms with Crippen LogP contribution in [0.15, 0.2) is 18.2 Å². The third-order valence-corrected chi connectivity index (χ3v) is 4.09. The summed E-state index contributed by atoms with van der Waals surface area (Å²) in [6.07, 6.45) is -6.48. The molecule has 1 atom stereocenters. The lowest BCUT2D eigenvalue weighted by Crippen LogP contribution is -2.22. The first-order chi connectivity index (χ1) is 7.67. The van der Waals surface area contributed by atoms with Crippen LogP contribution in [0.3, 0.4) is 0 Å². The van der Waals surface area contributed by atoms with E-state index in [1.807, 2.05) is 0 Å². The molecule has 96 valence electrons. The zero-order chi connectivity index (χ0) is 13.3. The van der Waals surface area contributed by atoms with E-state index in [1.54, 1.807) is 6.92 Å². The summed E-state index contributed by atoms with van der Waals surface area (Å²) in [5.74, 6) is -1.02. The molecule has 0 saturated heterocycles. The van der Waals surface area contributed by atoms with Gasteiger partial charge in [0.05, 0.1) is 5.30 Å². The summed E-state index contributed by atoms with van der Waals surface area (Å²) in [6, 6.07) is 3.56. The molecule has 0 heterocycles. The molecule has 0 aromatic heterocycles. The van der Waals surface area contributed by atoms with Gasteiger partial charge in [0.25, 0.3) is 0 Å². The van der Waals surface area contributed by atoms with Crippen molar-refractivity contribution in [3.8, 4) is 0 Å². The van der Waals surface area contributed by atoms with Crippen LogP contribution in [0.1, 0.15) is 12.5 Å².